The number of carbonyl (C=O) groups excluding carboxylic acids is 2. The SMILES string of the molecule is CC(=O)Nc1ccc(C)cc1.CC(=O)Nc1ccc(N)cc1. The maximum absolute atomic E-state index is 10.6. The van der Waals surface area contributed by atoms with E-state index in [-0.39, 0.29) is 11.8 Å². The average Bonchev–Trinajstić information content (AvgIpc) is 2.44. The molecule has 0 bridgehead atoms. The van der Waals surface area contributed by atoms with Crippen LogP contribution in [0.4, 0.5) is 17.1 Å². The number of nitrogens with one attached hydrogen (secondary N) is 2. The van der Waals surface area contributed by atoms with Crippen LogP contribution in [0.3, 0.4) is 0 Å². The Labute approximate surface area is 130 Å². The predicted octanol–water partition coefficient (Wildman–Crippen LogP) is 3.18. The smallest absolute Gasteiger partial charge is 0.221 e. The minimum absolute atomic E-state index is 0.0335. The maximum atomic E-state index is 10.6. The lowest BCUT2D eigenvalue weighted by Crippen LogP contribution is -2.05. The fraction of sp³-hybridized carbons (Fsp3) is 0.176. The molecule has 0 aliphatic heterocycles. The van der Waals surface area contributed by atoms with Crippen LogP contribution in [-0.2, 0) is 9.59 Å². The number of anilines is 3. The molecule has 0 aliphatic rings. The van der Waals surface area contributed by atoms with Crippen molar-refractivity contribution in [1.82, 2.24) is 0 Å². The summed E-state index contributed by atoms with van der Waals surface area (Å²) in [5.74, 6) is -0.108. The molecule has 2 rings (SSSR count). The van der Waals surface area contributed by atoms with E-state index in [0.29, 0.717) is 5.69 Å². The first-order chi connectivity index (χ1) is 10.4. The molecule has 0 aromatic heterocycles. The van der Waals surface area contributed by atoms with E-state index in [1.54, 1.807) is 24.3 Å². The first kappa shape index (κ1) is 17.2. The fourth-order valence-electron chi connectivity index (χ4n) is 1.61. The Kier molecular flexibility index (Phi) is 6.63. The third-order valence-corrected chi connectivity index (χ3v) is 2.60. The number of hydrogen-bond donors (Lipinski definition) is 3. The van der Waals surface area contributed by atoms with E-state index in [1.807, 2.05) is 31.2 Å². The molecule has 116 valence electrons. The molecule has 2 amide bonds. The van der Waals surface area contributed by atoms with Crippen LogP contribution in [0.5, 0.6) is 0 Å². The molecule has 5 heteroatoms. The van der Waals surface area contributed by atoms with Gasteiger partial charge in [0.1, 0.15) is 0 Å². The second kappa shape index (κ2) is 8.46. The van der Waals surface area contributed by atoms with E-state index in [4.69, 9.17) is 5.73 Å². The van der Waals surface area contributed by atoms with Gasteiger partial charge in [-0.1, -0.05) is 17.7 Å². The van der Waals surface area contributed by atoms with E-state index in [0.717, 1.165) is 11.4 Å². The second-order valence-corrected chi connectivity index (χ2v) is 4.85. The van der Waals surface area contributed by atoms with Crippen LogP contribution in [0.15, 0.2) is 48.5 Å². The number of nitrogen functional groups attached to an aromatic ring is 1. The lowest BCUT2D eigenvalue weighted by Gasteiger charge is -2.00. The molecule has 0 unspecified atom stereocenters. The molecule has 2 aromatic rings. The summed E-state index contributed by atoms with van der Waals surface area (Å²) in [7, 11) is 0. The summed E-state index contributed by atoms with van der Waals surface area (Å²) in [6.45, 7) is 4.98. The van der Waals surface area contributed by atoms with Crippen LogP contribution < -0.4 is 16.4 Å². The van der Waals surface area contributed by atoms with Gasteiger partial charge in [0, 0.05) is 30.9 Å². The van der Waals surface area contributed by atoms with Gasteiger partial charge in [-0.2, -0.15) is 0 Å². The van der Waals surface area contributed by atoms with Crippen molar-refractivity contribution in [3.63, 3.8) is 0 Å². The first-order valence-electron chi connectivity index (χ1n) is 6.84. The average molecular weight is 299 g/mol. The van der Waals surface area contributed by atoms with Crippen LogP contribution in [-0.4, -0.2) is 11.8 Å². The molecule has 22 heavy (non-hydrogen) atoms. The summed E-state index contributed by atoms with van der Waals surface area (Å²) in [6, 6.07) is 14.7. The first-order valence-corrected chi connectivity index (χ1v) is 6.84. The lowest BCUT2D eigenvalue weighted by atomic mass is 10.2. The van der Waals surface area contributed by atoms with Crippen molar-refractivity contribution in [3.8, 4) is 0 Å². The van der Waals surface area contributed by atoms with Gasteiger partial charge in [-0.15, -0.1) is 0 Å². The molecule has 0 atom stereocenters. The van der Waals surface area contributed by atoms with Crippen molar-refractivity contribution in [2.24, 2.45) is 0 Å². The molecule has 2 aromatic carbocycles. The van der Waals surface area contributed by atoms with Crippen molar-refractivity contribution in [2.45, 2.75) is 20.8 Å². The van der Waals surface area contributed by atoms with Gasteiger partial charge in [-0.3, -0.25) is 9.59 Å². The topological polar surface area (TPSA) is 84.2 Å². The molecule has 0 aliphatic carbocycles. The molecular formula is C17H21N3O2. The molecule has 5 nitrogen and oxygen atoms in total. The number of nitrogens with two attached hydrogens (primary N) is 1. The number of amides is 2. The Balaban J connectivity index is 0.000000220. The zero-order valence-electron chi connectivity index (χ0n) is 13.0. The van der Waals surface area contributed by atoms with E-state index in [9.17, 15) is 9.59 Å². The van der Waals surface area contributed by atoms with E-state index in [1.165, 1.54) is 19.4 Å². The highest BCUT2D eigenvalue weighted by molar-refractivity contribution is 5.89. The molecular weight excluding hydrogens is 278 g/mol. The van der Waals surface area contributed by atoms with Gasteiger partial charge in [0.2, 0.25) is 11.8 Å². The number of benzene rings is 2. The van der Waals surface area contributed by atoms with Gasteiger partial charge in [0.05, 0.1) is 0 Å². The van der Waals surface area contributed by atoms with Gasteiger partial charge in [0.15, 0.2) is 0 Å². The third kappa shape index (κ3) is 7.09. The van der Waals surface area contributed by atoms with Gasteiger partial charge in [0.25, 0.3) is 0 Å². The minimum Gasteiger partial charge on any atom is -0.399 e. The van der Waals surface area contributed by atoms with Crippen molar-refractivity contribution >= 4 is 28.9 Å². The Bertz CT molecular complexity index is 562. The van der Waals surface area contributed by atoms with Crippen molar-refractivity contribution < 1.29 is 9.59 Å². The van der Waals surface area contributed by atoms with E-state index in [2.05, 4.69) is 10.6 Å². The molecule has 0 radical (unpaired) electrons. The highest BCUT2D eigenvalue weighted by atomic mass is 16.2. The second-order valence-electron chi connectivity index (χ2n) is 4.85. The molecule has 0 fully saturated rings. The van der Waals surface area contributed by atoms with E-state index < -0.39 is 0 Å². The Hall–Kier alpha value is -2.82. The van der Waals surface area contributed by atoms with Crippen LogP contribution in [0.1, 0.15) is 19.4 Å². The molecule has 0 saturated carbocycles. The largest absolute Gasteiger partial charge is 0.399 e. The molecule has 4 N–H and O–H groups in total. The van der Waals surface area contributed by atoms with Crippen molar-refractivity contribution in [1.29, 1.82) is 0 Å². The van der Waals surface area contributed by atoms with Gasteiger partial charge in [-0.05, 0) is 43.3 Å². The summed E-state index contributed by atoms with van der Waals surface area (Å²) in [4.78, 5) is 21.1. The Morgan fingerprint density at radius 2 is 1.14 bits per heavy atom. The third-order valence-electron chi connectivity index (χ3n) is 2.60. The van der Waals surface area contributed by atoms with Crippen LogP contribution in [0.2, 0.25) is 0 Å². The number of aryl methyl sites for hydroxylation is 1. The Morgan fingerprint density at radius 1 is 0.773 bits per heavy atom. The van der Waals surface area contributed by atoms with E-state index >= 15 is 0 Å². The minimum atomic E-state index is -0.0743. The predicted molar refractivity (Wildman–Crippen MR) is 90.6 cm³/mol. The zero-order chi connectivity index (χ0) is 16.5. The number of hydrogen-bond acceptors (Lipinski definition) is 3. The normalized spacial score (nSPS) is 9.23. The number of rotatable bonds is 2. The molecule has 0 heterocycles. The van der Waals surface area contributed by atoms with Crippen molar-refractivity contribution in [3.05, 3.63) is 54.1 Å². The summed E-state index contributed by atoms with van der Waals surface area (Å²) in [6.07, 6.45) is 0. The van der Waals surface area contributed by atoms with Crippen LogP contribution in [0.25, 0.3) is 0 Å². The van der Waals surface area contributed by atoms with Crippen LogP contribution >= 0.6 is 0 Å². The zero-order valence-corrected chi connectivity index (χ0v) is 13.0. The summed E-state index contributed by atoms with van der Waals surface area (Å²) >= 11 is 0. The quantitative estimate of drug-likeness (QED) is 0.745. The van der Waals surface area contributed by atoms with Gasteiger partial charge >= 0.3 is 0 Å². The standard InChI is InChI=1S/C9H11NO.C8H10N2O/c1-7-3-5-9(6-4-7)10-8(2)11;1-6(11)10-8-4-2-7(9)3-5-8/h3-6H,1-2H3,(H,10,11);2-5H,9H2,1H3,(H,10,11). The fourth-order valence-corrected chi connectivity index (χ4v) is 1.61. The molecule has 0 spiro atoms. The highest BCUT2D eigenvalue weighted by Crippen LogP contribution is 2.09. The highest BCUT2D eigenvalue weighted by Gasteiger charge is 1.93. The summed E-state index contributed by atoms with van der Waals surface area (Å²) < 4.78 is 0. The Morgan fingerprint density at radius 3 is 1.50 bits per heavy atom. The number of carbonyl (C=O) groups is 2. The van der Waals surface area contributed by atoms with Crippen LogP contribution in [0, 0.1) is 6.92 Å². The van der Waals surface area contributed by atoms with Gasteiger partial charge < -0.3 is 16.4 Å². The lowest BCUT2D eigenvalue weighted by molar-refractivity contribution is -0.115. The van der Waals surface area contributed by atoms with Crippen molar-refractivity contribution in [2.75, 3.05) is 16.4 Å². The van der Waals surface area contributed by atoms with Gasteiger partial charge in [-0.25, -0.2) is 0 Å². The monoisotopic (exact) mass is 299 g/mol. The summed E-state index contributed by atoms with van der Waals surface area (Å²) in [5.41, 5.74) is 8.95. The summed E-state index contributed by atoms with van der Waals surface area (Å²) in [5, 5.41) is 5.33. The maximum Gasteiger partial charge on any atom is 0.221 e. The molecule has 0 saturated heterocycles.